The van der Waals surface area contributed by atoms with Gasteiger partial charge in [-0.15, -0.1) is 0 Å². The number of aliphatic hydroxyl groups excluding tert-OH is 1. The third kappa shape index (κ3) is 4.01. The van der Waals surface area contributed by atoms with Gasteiger partial charge in [-0.2, -0.15) is 0 Å². The average Bonchev–Trinajstić information content (AvgIpc) is 2.37. The second-order valence-corrected chi connectivity index (χ2v) is 5.25. The molecule has 1 N–H and O–H groups in total. The van der Waals surface area contributed by atoms with Crippen molar-refractivity contribution in [2.45, 2.75) is 25.4 Å². The van der Waals surface area contributed by atoms with Crippen LogP contribution in [-0.4, -0.2) is 85.8 Å². The SMILES string of the molecule is CC1CCN(C)C(CO)CN1CCN(C)C. The minimum Gasteiger partial charge on any atom is -0.395 e. The van der Waals surface area contributed by atoms with Crippen LogP contribution in [0.4, 0.5) is 0 Å². The predicted molar refractivity (Wildman–Crippen MR) is 67.7 cm³/mol. The molecule has 0 aromatic heterocycles. The summed E-state index contributed by atoms with van der Waals surface area (Å²) in [5.74, 6) is 0. The lowest BCUT2D eigenvalue weighted by molar-refractivity contribution is 0.119. The Morgan fingerprint density at radius 3 is 2.62 bits per heavy atom. The number of aliphatic hydroxyl groups is 1. The van der Waals surface area contributed by atoms with Crippen molar-refractivity contribution in [2.75, 3.05) is 53.9 Å². The zero-order valence-corrected chi connectivity index (χ0v) is 11.2. The highest BCUT2D eigenvalue weighted by atomic mass is 16.3. The standard InChI is InChI=1S/C12H27N3O/c1-11-5-6-14(4)12(10-16)9-15(11)8-7-13(2)3/h11-12,16H,5-10H2,1-4H3. The van der Waals surface area contributed by atoms with Crippen LogP contribution >= 0.6 is 0 Å². The zero-order valence-electron chi connectivity index (χ0n) is 11.2. The maximum Gasteiger partial charge on any atom is 0.0599 e. The molecule has 1 heterocycles. The van der Waals surface area contributed by atoms with E-state index >= 15 is 0 Å². The number of hydrogen-bond acceptors (Lipinski definition) is 4. The van der Waals surface area contributed by atoms with Crippen LogP contribution in [0.25, 0.3) is 0 Å². The monoisotopic (exact) mass is 229 g/mol. The van der Waals surface area contributed by atoms with Crippen molar-refractivity contribution < 1.29 is 5.11 Å². The molecular weight excluding hydrogens is 202 g/mol. The molecule has 96 valence electrons. The van der Waals surface area contributed by atoms with Gasteiger partial charge in [0.2, 0.25) is 0 Å². The van der Waals surface area contributed by atoms with Crippen LogP contribution < -0.4 is 0 Å². The summed E-state index contributed by atoms with van der Waals surface area (Å²) in [6.45, 7) is 6.82. The van der Waals surface area contributed by atoms with Crippen molar-refractivity contribution in [3.63, 3.8) is 0 Å². The van der Waals surface area contributed by atoms with Crippen LogP contribution in [0.1, 0.15) is 13.3 Å². The lowest BCUT2D eigenvalue weighted by Crippen LogP contribution is -2.44. The van der Waals surface area contributed by atoms with Gasteiger partial charge in [0.15, 0.2) is 0 Å². The van der Waals surface area contributed by atoms with Gasteiger partial charge in [-0.1, -0.05) is 0 Å². The summed E-state index contributed by atoms with van der Waals surface area (Å²) in [6.07, 6.45) is 1.19. The molecule has 2 atom stereocenters. The molecule has 16 heavy (non-hydrogen) atoms. The quantitative estimate of drug-likeness (QED) is 0.731. The van der Waals surface area contributed by atoms with Gasteiger partial charge in [0.1, 0.15) is 0 Å². The summed E-state index contributed by atoms with van der Waals surface area (Å²) in [5.41, 5.74) is 0. The van der Waals surface area contributed by atoms with Gasteiger partial charge in [-0.25, -0.2) is 0 Å². The molecule has 1 saturated heterocycles. The summed E-state index contributed by atoms with van der Waals surface area (Å²) in [7, 11) is 6.33. The molecule has 0 spiro atoms. The van der Waals surface area contributed by atoms with Crippen LogP contribution in [-0.2, 0) is 0 Å². The van der Waals surface area contributed by atoms with Gasteiger partial charge in [-0.05, 0) is 41.0 Å². The van der Waals surface area contributed by atoms with Gasteiger partial charge < -0.3 is 10.0 Å². The number of rotatable bonds is 4. The molecule has 1 aliphatic rings. The lowest BCUT2D eigenvalue weighted by atomic mass is 10.2. The number of likely N-dealkylation sites (N-methyl/N-ethyl adjacent to an activating group) is 2. The molecule has 4 nitrogen and oxygen atoms in total. The molecule has 0 saturated carbocycles. The first kappa shape index (κ1) is 13.9. The maximum atomic E-state index is 9.39. The minimum absolute atomic E-state index is 0.266. The summed E-state index contributed by atoms with van der Waals surface area (Å²) >= 11 is 0. The van der Waals surface area contributed by atoms with Crippen molar-refractivity contribution in [1.29, 1.82) is 0 Å². The van der Waals surface area contributed by atoms with Gasteiger partial charge >= 0.3 is 0 Å². The van der Waals surface area contributed by atoms with E-state index in [4.69, 9.17) is 0 Å². The molecule has 1 rings (SSSR count). The van der Waals surface area contributed by atoms with Crippen molar-refractivity contribution >= 4 is 0 Å². The molecule has 4 heteroatoms. The highest BCUT2D eigenvalue weighted by molar-refractivity contribution is 4.81. The highest BCUT2D eigenvalue weighted by Crippen LogP contribution is 2.13. The Hall–Kier alpha value is -0.160. The fourth-order valence-corrected chi connectivity index (χ4v) is 2.18. The summed E-state index contributed by atoms with van der Waals surface area (Å²) in [6, 6.07) is 0.922. The van der Waals surface area contributed by atoms with E-state index in [1.807, 2.05) is 0 Å². The van der Waals surface area contributed by atoms with Crippen LogP contribution in [0.15, 0.2) is 0 Å². The van der Waals surface area contributed by atoms with Crippen LogP contribution in [0, 0.1) is 0 Å². The van der Waals surface area contributed by atoms with Crippen molar-refractivity contribution in [2.24, 2.45) is 0 Å². The van der Waals surface area contributed by atoms with E-state index in [1.54, 1.807) is 0 Å². The Morgan fingerprint density at radius 1 is 1.38 bits per heavy atom. The average molecular weight is 229 g/mol. The van der Waals surface area contributed by atoms with Gasteiger partial charge in [0.25, 0.3) is 0 Å². The Kier molecular flexibility index (Phi) is 5.69. The minimum atomic E-state index is 0.266. The molecule has 0 aromatic carbocycles. The molecule has 1 fully saturated rings. The third-order valence-corrected chi connectivity index (χ3v) is 3.64. The highest BCUT2D eigenvalue weighted by Gasteiger charge is 2.25. The fourth-order valence-electron chi connectivity index (χ4n) is 2.18. The van der Waals surface area contributed by atoms with Crippen molar-refractivity contribution in [3.05, 3.63) is 0 Å². The Bertz CT molecular complexity index is 199. The third-order valence-electron chi connectivity index (χ3n) is 3.64. The number of nitrogens with zero attached hydrogens (tertiary/aromatic N) is 3. The Balaban J connectivity index is 2.52. The molecule has 0 aromatic rings. The summed E-state index contributed by atoms with van der Waals surface area (Å²) in [5, 5.41) is 9.39. The molecule has 0 radical (unpaired) electrons. The van der Waals surface area contributed by atoms with Gasteiger partial charge in [-0.3, -0.25) is 9.80 Å². The fraction of sp³-hybridized carbons (Fsp3) is 1.00. The largest absolute Gasteiger partial charge is 0.395 e. The molecule has 1 aliphatic heterocycles. The van der Waals surface area contributed by atoms with E-state index in [2.05, 4.69) is 42.8 Å². The van der Waals surface area contributed by atoms with Crippen molar-refractivity contribution in [3.8, 4) is 0 Å². The van der Waals surface area contributed by atoms with E-state index in [0.29, 0.717) is 12.1 Å². The van der Waals surface area contributed by atoms with Crippen molar-refractivity contribution in [1.82, 2.24) is 14.7 Å². The van der Waals surface area contributed by atoms with E-state index in [9.17, 15) is 5.11 Å². The first-order valence-corrected chi connectivity index (χ1v) is 6.24. The predicted octanol–water partition coefficient (Wildman–Crippen LogP) is -0.0651. The zero-order chi connectivity index (χ0) is 12.1. The van der Waals surface area contributed by atoms with E-state index < -0.39 is 0 Å². The topological polar surface area (TPSA) is 30.0 Å². The second-order valence-electron chi connectivity index (χ2n) is 5.25. The first-order valence-electron chi connectivity index (χ1n) is 6.24. The first-order chi connectivity index (χ1) is 7.54. The van der Waals surface area contributed by atoms with Crippen LogP contribution in [0.2, 0.25) is 0 Å². The van der Waals surface area contributed by atoms with Crippen LogP contribution in [0.3, 0.4) is 0 Å². The molecule has 0 bridgehead atoms. The molecular formula is C12H27N3O. The van der Waals surface area contributed by atoms with E-state index in [1.165, 1.54) is 6.42 Å². The van der Waals surface area contributed by atoms with Gasteiger partial charge in [0, 0.05) is 31.7 Å². The smallest absolute Gasteiger partial charge is 0.0599 e. The van der Waals surface area contributed by atoms with E-state index in [0.717, 1.165) is 26.2 Å². The second kappa shape index (κ2) is 6.55. The Labute approximate surface area is 99.8 Å². The van der Waals surface area contributed by atoms with Crippen LogP contribution in [0.5, 0.6) is 0 Å². The lowest BCUT2D eigenvalue weighted by Gasteiger charge is -2.30. The molecule has 0 aliphatic carbocycles. The summed E-state index contributed by atoms with van der Waals surface area (Å²) in [4.78, 5) is 7.01. The molecule has 0 amide bonds. The Morgan fingerprint density at radius 2 is 2.06 bits per heavy atom. The summed E-state index contributed by atoms with van der Waals surface area (Å²) < 4.78 is 0. The molecule has 2 unspecified atom stereocenters. The maximum absolute atomic E-state index is 9.39. The van der Waals surface area contributed by atoms with E-state index in [-0.39, 0.29) is 6.61 Å². The van der Waals surface area contributed by atoms with Gasteiger partial charge in [0.05, 0.1) is 6.61 Å². The normalized spacial score (nSPS) is 29.6. The number of hydrogen-bond donors (Lipinski definition) is 1.